The van der Waals surface area contributed by atoms with Gasteiger partial charge in [-0.1, -0.05) is 87.2 Å². The lowest BCUT2D eigenvalue weighted by Gasteiger charge is -1.89. The normalized spacial score (nSPS) is 10.0. The van der Waals surface area contributed by atoms with Gasteiger partial charge in [0, 0.05) is 7.43 Å². The lowest BCUT2D eigenvalue weighted by molar-refractivity contribution is 3.24. The molecule has 0 rings (SSSR count). The average molecular weight is 548 g/mol. The molecule has 0 bridgehead atoms. The summed E-state index contributed by atoms with van der Waals surface area (Å²) in [5.41, 5.74) is 0. The van der Waals surface area contributed by atoms with Crippen molar-refractivity contribution in [2.75, 3.05) is 0 Å². The summed E-state index contributed by atoms with van der Waals surface area (Å²) in [6.45, 7) is 0. The van der Waals surface area contributed by atoms with Gasteiger partial charge in [0.2, 0.25) is 0 Å². The minimum Gasteiger partial charge on any atom is -0.0791 e. The quantitative estimate of drug-likeness (QED) is 0.248. The van der Waals surface area contributed by atoms with E-state index in [-0.39, 0.29) is 7.43 Å². The van der Waals surface area contributed by atoms with Crippen molar-refractivity contribution in [3.05, 3.63) is 7.43 Å². The molecule has 0 aliphatic rings. The highest BCUT2D eigenvalue weighted by Gasteiger charge is 2.13. The molecule has 0 N–H and O–H groups in total. The first kappa shape index (κ1) is 11.9. The standard InChI is InChI=1S/C.I4Si/c;1-5(2,3)4. The Bertz CT molecular complexity index is 23.0. The maximum atomic E-state index is 2.48. The SMILES string of the molecule is I[Si](I)(I)I.[C]. The first-order valence-corrected chi connectivity index (χ1v) is 15.2. The average Bonchev–Trinajstić information content (AvgIpc) is 0.722. The molecule has 6 heavy (non-hydrogen) atoms. The summed E-state index contributed by atoms with van der Waals surface area (Å²) < 4.78 is -0.731. The third-order valence-electron chi connectivity index (χ3n) is 0. The second-order valence-corrected chi connectivity index (χ2v) is 57.9. The molecule has 0 nitrogen and oxygen atoms in total. The Morgan fingerprint density at radius 2 is 0.833 bits per heavy atom. The smallest absolute Gasteiger partial charge is 0.0791 e. The Morgan fingerprint density at radius 1 is 0.833 bits per heavy atom. The molecule has 0 spiro atoms. The van der Waals surface area contributed by atoms with Crippen LogP contribution in [0.15, 0.2) is 0 Å². The Labute approximate surface area is 90.5 Å². The van der Waals surface area contributed by atoms with Crippen LogP contribution in [0.3, 0.4) is 0 Å². The first-order chi connectivity index (χ1) is 2.00. The second kappa shape index (κ2) is 4.96. The Balaban J connectivity index is 0. The van der Waals surface area contributed by atoms with E-state index < -0.39 is -1.94 Å². The van der Waals surface area contributed by atoms with Crippen molar-refractivity contribution in [3.63, 3.8) is 0 Å². The van der Waals surface area contributed by atoms with Crippen LogP contribution in [0.25, 0.3) is 0 Å². The van der Waals surface area contributed by atoms with Crippen LogP contribution in [0, 0.1) is 7.43 Å². The predicted molar refractivity (Wildman–Crippen MR) is 65.1 cm³/mol. The van der Waals surface area contributed by atoms with E-state index in [1.807, 2.05) is 0 Å². The fraction of sp³-hybridized carbons (Fsp3) is 0. The van der Waals surface area contributed by atoms with Crippen molar-refractivity contribution in [1.82, 2.24) is 0 Å². The van der Waals surface area contributed by atoms with E-state index in [1.165, 1.54) is 0 Å². The fourth-order valence-corrected chi connectivity index (χ4v) is 0. The molecule has 0 aliphatic heterocycles. The molecule has 4 radical (unpaired) electrons. The number of hydrogen-bond acceptors (Lipinski definition) is 0. The minimum absolute atomic E-state index is 0. The van der Waals surface area contributed by atoms with E-state index in [9.17, 15) is 0 Å². The molecule has 5 heteroatoms. The Hall–Kier alpha value is 3.14. The summed E-state index contributed by atoms with van der Waals surface area (Å²) in [6, 6.07) is 0. The van der Waals surface area contributed by atoms with E-state index in [0.717, 1.165) is 0 Å². The summed E-state index contributed by atoms with van der Waals surface area (Å²) in [7, 11) is 0. The van der Waals surface area contributed by atoms with Crippen LogP contribution in [0.1, 0.15) is 0 Å². The molecular weight excluding hydrogens is 548 g/mol. The summed E-state index contributed by atoms with van der Waals surface area (Å²) in [5.74, 6) is 0. The molecule has 0 atom stereocenters. The third-order valence-corrected chi connectivity index (χ3v) is 0. The lowest BCUT2D eigenvalue weighted by Crippen LogP contribution is -1.84. The lowest BCUT2D eigenvalue weighted by atomic mass is 12.0. The molecule has 0 saturated heterocycles. The summed E-state index contributed by atoms with van der Waals surface area (Å²) >= 11 is 9.91. The van der Waals surface area contributed by atoms with Gasteiger partial charge in [0.05, 0.1) is 0 Å². The molecular formula is CI4Si. The van der Waals surface area contributed by atoms with Gasteiger partial charge in [-0.05, 0) is 0 Å². The van der Waals surface area contributed by atoms with Crippen molar-refractivity contribution < 1.29 is 0 Å². The van der Waals surface area contributed by atoms with E-state index in [4.69, 9.17) is 0 Å². The van der Waals surface area contributed by atoms with E-state index >= 15 is 0 Å². The highest BCUT2D eigenvalue weighted by atomic mass is 127. The largest absolute Gasteiger partial charge is 0.317 e. The van der Waals surface area contributed by atoms with Gasteiger partial charge in [0.1, 0.15) is 0 Å². The van der Waals surface area contributed by atoms with Gasteiger partial charge in [0.15, 0.2) is 0 Å². The molecule has 0 aromatic heterocycles. The summed E-state index contributed by atoms with van der Waals surface area (Å²) in [4.78, 5) is 0. The molecule has 0 amide bonds. The summed E-state index contributed by atoms with van der Waals surface area (Å²) in [5, 5.41) is 0. The van der Waals surface area contributed by atoms with Gasteiger partial charge in [-0.2, -0.15) is 0 Å². The third kappa shape index (κ3) is 27.3. The van der Waals surface area contributed by atoms with Gasteiger partial charge >= 0.3 is -1.94 Å². The van der Waals surface area contributed by atoms with Crippen LogP contribution in [-0.4, -0.2) is -1.94 Å². The highest BCUT2D eigenvalue weighted by Crippen LogP contribution is 2.35. The maximum Gasteiger partial charge on any atom is 0.317 e. The monoisotopic (exact) mass is 548 g/mol. The predicted octanol–water partition coefficient (Wildman–Crippen LogP) is 3.24. The van der Waals surface area contributed by atoms with Crippen LogP contribution >= 0.6 is 87.2 Å². The van der Waals surface area contributed by atoms with Crippen molar-refractivity contribution in [1.29, 1.82) is 0 Å². The van der Waals surface area contributed by atoms with Crippen molar-refractivity contribution in [3.8, 4) is 0 Å². The molecule has 36 valence electrons. The Morgan fingerprint density at radius 3 is 0.833 bits per heavy atom. The molecule has 0 heterocycles. The van der Waals surface area contributed by atoms with Crippen LogP contribution in [0.2, 0.25) is 0 Å². The molecule has 0 unspecified atom stereocenters. The zero-order chi connectivity index (χ0) is 4.50. The molecule has 0 aromatic carbocycles. The minimum atomic E-state index is -0.731. The first-order valence-electron chi connectivity index (χ1n) is 0.756. The Kier molecular flexibility index (Phi) is 9.83. The summed E-state index contributed by atoms with van der Waals surface area (Å²) in [6.07, 6.45) is 0. The van der Waals surface area contributed by atoms with E-state index in [0.29, 0.717) is 0 Å². The van der Waals surface area contributed by atoms with Crippen LogP contribution < -0.4 is 0 Å². The van der Waals surface area contributed by atoms with Crippen LogP contribution in [-0.2, 0) is 0 Å². The number of halogens is 4. The van der Waals surface area contributed by atoms with Crippen LogP contribution in [0.5, 0.6) is 0 Å². The highest BCUT2D eigenvalue weighted by molar-refractivity contribution is 14.5. The zero-order valence-corrected chi connectivity index (χ0v) is 12.1. The molecule has 0 aliphatic carbocycles. The molecule has 0 saturated carbocycles. The van der Waals surface area contributed by atoms with Crippen molar-refractivity contribution >= 4 is 85.2 Å². The van der Waals surface area contributed by atoms with Gasteiger partial charge in [-0.3, -0.25) is 0 Å². The van der Waals surface area contributed by atoms with Gasteiger partial charge in [-0.15, -0.1) is 0 Å². The number of hydrogen-bond donors (Lipinski definition) is 0. The number of rotatable bonds is 0. The molecule has 0 fully saturated rings. The van der Waals surface area contributed by atoms with E-state index in [2.05, 4.69) is 87.2 Å². The maximum absolute atomic E-state index is 2.48. The van der Waals surface area contributed by atoms with Crippen LogP contribution in [0.4, 0.5) is 0 Å². The van der Waals surface area contributed by atoms with Crippen molar-refractivity contribution in [2.24, 2.45) is 0 Å². The molecule has 0 aromatic rings. The van der Waals surface area contributed by atoms with Gasteiger partial charge < -0.3 is 0 Å². The van der Waals surface area contributed by atoms with Crippen molar-refractivity contribution in [2.45, 2.75) is 0 Å². The zero-order valence-electron chi connectivity index (χ0n) is 2.51. The van der Waals surface area contributed by atoms with Gasteiger partial charge in [0.25, 0.3) is 0 Å². The van der Waals surface area contributed by atoms with Gasteiger partial charge in [-0.25, -0.2) is 0 Å². The van der Waals surface area contributed by atoms with E-state index in [1.54, 1.807) is 0 Å². The topological polar surface area (TPSA) is 0 Å². The second-order valence-electron chi connectivity index (χ2n) is 0.429. The fourth-order valence-electron chi connectivity index (χ4n) is 0.